The minimum atomic E-state index is 0.843. The van der Waals surface area contributed by atoms with Gasteiger partial charge in [-0.2, -0.15) is 0 Å². The third-order valence-corrected chi connectivity index (χ3v) is 12.3. The molecule has 0 aliphatic heterocycles. The van der Waals surface area contributed by atoms with E-state index in [1.54, 1.807) is 0 Å². The van der Waals surface area contributed by atoms with Crippen molar-refractivity contribution in [2.45, 2.75) is 0 Å². The number of anilines is 9. The monoisotopic (exact) mass is 834 g/mol. The number of fused-ring (bicyclic) bond motifs is 7. The van der Waals surface area contributed by atoms with Gasteiger partial charge in [0.1, 0.15) is 11.2 Å². The van der Waals surface area contributed by atoms with Crippen molar-refractivity contribution in [2.24, 2.45) is 0 Å². The first kappa shape index (κ1) is 37.9. The fourth-order valence-corrected chi connectivity index (χ4v) is 9.42. The first-order valence-corrected chi connectivity index (χ1v) is 22.0. The predicted octanol–water partition coefficient (Wildman–Crippen LogP) is 17.1. The standard InChI is InChI=1S/C60H42N4O/c1-7-19-43(20-8-1)61(44-21-9-2-10-22-44)49-31-33-50(34-32-49)64-56-38-35-51(62(45-23-11-3-12-24-45)46-25-13-4-14-26-46)42-55(56)59-57(64)39-37-53-54-41-52(36-40-58(54)65-60(53)59)63(47-27-15-5-16-28-47)48-29-17-6-18-30-48/h1-42H. The third-order valence-electron chi connectivity index (χ3n) is 12.3. The molecule has 0 bridgehead atoms. The topological polar surface area (TPSA) is 27.8 Å². The lowest BCUT2D eigenvalue weighted by Crippen LogP contribution is -2.10. The van der Waals surface area contributed by atoms with Crippen molar-refractivity contribution >= 4 is 94.9 Å². The van der Waals surface area contributed by atoms with Gasteiger partial charge in [0.05, 0.1) is 16.4 Å². The summed E-state index contributed by atoms with van der Waals surface area (Å²) >= 11 is 0. The normalized spacial score (nSPS) is 11.4. The quantitative estimate of drug-likeness (QED) is 0.137. The second kappa shape index (κ2) is 16.2. The largest absolute Gasteiger partial charge is 0.455 e. The second-order valence-corrected chi connectivity index (χ2v) is 16.2. The summed E-state index contributed by atoms with van der Waals surface area (Å²) in [6.45, 7) is 0. The lowest BCUT2D eigenvalue weighted by Gasteiger charge is -2.26. The number of hydrogen-bond donors (Lipinski definition) is 0. The zero-order valence-electron chi connectivity index (χ0n) is 35.4. The van der Waals surface area contributed by atoms with Gasteiger partial charge < -0.3 is 23.7 Å². The molecule has 0 aliphatic carbocycles. The lowest BCUT2D eigenvalue weighted by molar-refractivity contribution is 0.673. The molecule has 0 spiro atoms. The van der Waals surface area contributed by atoms with Crippen molar-refractivity contribution < 1.29 is 4.42 Å². The third kappa shape index (κ3) is 6.74. The maximum absolute atomic E-state index is 7.04. The Hall–Kier alpha value is -8.80. The van der Waals surface area contributed by atoms with E-state index in [0.717, 1.165) is 101 Å². The summed E-state index contributed by atoms with van der Waals surface area (Å²) in [4.78, 5) is 6.93. The molecule has 0 saturated heterocycles. The van der Waals surface area contributed by atoms with Gasteiger partial charge in [0.25, 0.3) is 0 Å². The molecule has 0 aliphatic rings. The van der Waals surface area contributed by atoms with Gasteiger partial charge in [-0.3, -0.25) is 0 Å². The predicted molar refractivity (Wildman–Crippen MR) is 272 cm³/mol. The van der Waals surface area contributed by atoms with E-state index in [0.29, 0.717) is 0 Å². The van der Waals surface area contributed by atoms with E-state index in [2.05, 4.69) is 274 Å². The SMILES string of the molecule is c1ccc(N(c2ccccc2)c2ccc(-n3c4ccc(N(c5ccccc5)c5ccccc5)cc4c4c5oc6ccc(N(c7ccccc7)c7ccccc7)cc6c5ccc43)cc2)cc1. The van der Waals surface area contributed by atoms with Crippen LogP contribution in [0.3, 0.4) is 0 Å². The summed E-state index contributed by atoms with van der Waals surface area (Å²) < 4.78 is 9.42. The van der Waals surface area contributed by atoms with Crippen LogP contribution in [0.25, 0.3) is 49.4 Å². The van der Waals surface area contributed by atoms with Gasteiger partial charge in [-0.15, -0.1) is 0 Å². The number of para-hydroxylation sites is 6. The Labute approximate surface area is 377 Å². The molecular formula is C60H42N4O. The highest BCUT2D eigenvalue weighted by molar-refractivity contribution is 6.24. The molecule has 5 heteroatoms. The molecule has 2 aromatic heterocycles. The van der Waals surface area contributed by atoms with E-state index in [1.165, 1.54) is 0 Å². The minimum absolute atomic E-state index is 0.843. The van der Waals surface area contributed by atoms with Crippen LogP contribution < -0.4 is 14.7 Å². The highest BCUT2D eigenvalue weighted by Gasteiger charge is 2.23. The van der Waals surface area contributed by atoms with Crippen LogP contribution in [-0.2, 0) is 0 Å². The molecule has 10 aromatic carbocycles. The Morgan fingerprint density at radius 1 is 0.277 bits per heavy atom. The lowest BCUT2D eigenvalue weighted by atomic mass is 10.1. The molecule has 5 nitrogen and oxygen atoms in total. The first-order chi connectivity index (χ1) is 32.3. The maximum Gasteiger partial charge on any atom is 0.145 e. The van der Waals surface area contributed by atoms with Gasteiger partial charge in [0, 0.05) is 73.0 Å². The van der Waals surface area contributed by atoms with Crippen LogP contribution in [0.15, 0.2) is 259 Å². The Bertz CT molecular complexity index is 3460. The summed E-state index contributed by atoms with van der Waals surface area (Å²) in [5, 5.41) is 4.31. The van der Waals surface area contributed by atoms with Crippen molar-refractivity contribution in [1.82, 2.24) is 4.57 Å². The van der Waals surface area contributed by atoms with Gasteiger partial charge in [0.2, 0.25) is 0 Å². The molecule has 0 atom stereocenters. The van der Waals surface area contributed by atoms with E-state index in [-0.39, 0.29) is 0 Å². The van der Waals surface area contributed by atoms with Gasteiger partial charge in [-0.1, -0.05) is 109 Å². The molecule has 2 heterocycles. The van der Waals surface area contributed by atoms with Gasteiger partial charge >= 0.3 is 0 Å². The molecular weight excluding hydrogens is 793 g/mol. The number of hydrogen-bond acceptors (Lipinski definition) is 4. The number of nitrogens with zero attached hydrogens (tertiary/aromatic N) is 4. The molecule has 12 aromatic rings. The van der Waals surface area contributed by atoms with Gasteiger partial charge in [-0.25, -0.2) is 0 Å². The molecule has 12 rings (SSSR count). The number of furan rings is 1. The Balaban J connectivity index is 1.08. The molecule has 0 fully saturated rings. The molecule has 0 amide bonds. The zero-order chi connectivity index (χ0) is 43.1. The summed E-state index contributed by atoms with van der Waals surface area (Å²) in [7, 11) is 0. The Kier molecular flexibility index (Phi) is 9.42. The average Bonchev–Trinajstić information content (AvgIpc) is 3.92. The van der Waals surface area contributed by atoms with Crippen molar-refractivity contribution in [3.63, 3.8) is 0 Å². The molecule has 0 unspecified atom stereocenters. The minimum Gasteiger partial charge on any atom is -0.455 e. The highest BCUT2D eigenvalue weighted by Crippen LogP contribution is 2.46. The van der Waals surface area contributed by atoms with E-state index >= 15 is 0 Å². The number of benzene rings is 10. The van der Waals surface area contributed by atoms with Crippen LogP contribution in [-0.4, -0.2) is 4.57 Å². The highest BCUT2D eigenvalue weighted by atomic mass is 16.3. The van der Waals surface area contributed by atoms with E-state index in [1.807, 2.05) is 0 Å². The van der Waals surface area contributed by atoms with E-state index < -0.39 is 0 Å². The summed E-state index contributed by atoms with van der Waals surface area (Å²) in [6.07, 6.45) is 0. The molecule has 0 saturated carbocycles. The van der Waals surface area contributed by atoms with Gasteiger partial charge in [0.15, 0.2) is 0 Å². The van der Waals surface area contributed by atoms with Crippen molar-refractivity contribution in [3.8, 4) is 5.69 Å². The van der Waals surface area contributed by atoms with Crippen molar-refractivity contribution in [3.05, 3.63) is 255 Å². The maximum atomic E-state index is 7.04. The smallest absolute Gasteiger partial charge is 0.145 e. The first-order valence-electron chi connectivity index (χ1n) is 22.0. The molecule has 0 N–H and O–H groups in total. The number of rotatable bonds is 10. The van der Waals surface area contributed by atoms with Crippen LogP contribution in [0.1, 0.15) is 0 Å². The van der Waals surface area contributed by atoms with Crippen LogP contribution in [0.5, 0.6) is 0 Å². The second-order valence-electron chi connectivity index (χ2n) is 16.2. The Morgan fingerprint density at radius 2 is 0.631 bits per heavy atom. The fraction of sp³-hybridized carbons (Fsp3) is 0. The van der Waals surface area contributed by atoms with Crippen molar-refractivity contribution in [1.29, 1.82) is 0 Å². The van der Waals surface area contributed by atoms with E-state index in [9.17, 15) is 0 Å². The summed E-state index contributed by atoms with van der Waals surface area (Å²) in [5.41, 5.74) is 14.7. The van der Waals surface area contributed by atoms with Gasteiger partial charge in [-0.05, 0) is 146 Å². The van der Waals surface area contributed by atoms with Crippen molar-refractivity contribution in [2.75, 3.05) is 14.7 Å². The fourth-order valence-electron chi connectivity index (χ4n) is 9.42. The zero-order valence-corrected chi connectivity index (χ0v) is 35.4. The molecule has 65 heavy (non-hydrogen) atoms. The number of aromatic nitrogens is 1. The Morgan fingerprint density at radius 3 is 1.08 bits per heavy atom. The summed E-state index contributed by atoms with van der Waals surface area (Å²) in [6, 6.07) is 90.2. The van der Waals surface area contributed by atoms with Crippen LogP contribution in [0.2, 0.25) is 0 Å². The summed E-state index contributed by atoms with van der Waals surface area (Å²) in [5.74, 6) is 0. The van der Waals surface area contributed by atoms with E-state index in [4.69, 9.17) is 4.42 Å². The average molecular weight is 835 g/mol. The van der Waals surface area contributed by atoms with Crippen LogP contribution in [0.4, 0.5) is 51.2 Å². The molecule has 308 valence electrons. The van der Waals surface area contributed by atoms with Crippen LogP contribution >= 0.6 is 0 Å². The van der Waals surface area contributed by atoms with Crippen LogP contribution in [0, 0.1) is 0 Å². The molecule has 0 radical (unpaired) electrons.